The minimum absolute atomic E-state index is 0.536. The molecule has 0 heterocycles. The average molecular weight is 301 g/mol. The minimum Gasteiger partial charge on any atom is -0.457 e. The van der Waals surface area contributed by atoms with Crippen LogP contribution in [-0.2, 0) is 0 Å². The number of nitrogens with two attached hydrogens (primary N) is 1. The number of anilines is 3. The summed E-state index contributed by atoms with van der Waals surface area (Å²) < 4.78 is 5.75. The van der Waals surface area contributed by atoms with Crippen molar-refractivity contribution < 1.29 is 4.74 Å². The summed E-state index contributed by atoms with van der Waals surface area (Å²) in [5.41, 5.74) is 8.67. The van der Waals surface area contributed by atoms with Crippen molar-refractivity contribution >= 4 is 17.1 Å². The molecule has 0 spiro atoms. The third kappa shape index (κ3) is 3.60. The fraction of sp³-hybridized carbons (Fsp3) is 0. The molecule has 4 heteroatoms. The van der Waals surface area contributed by atoms with Gasteiger partial charge in [0.1, 0.15) is 11.5 Å². The first kappa shape index (κ1) is 14.5. The lowest BCUT2D eigenvalue weighted by Crippen LogP contribution is -1.96. The van der Waals surface area contributed by atoms with Crippen LogP contribution in [0.4, 0.5) is 17.1 Å². The highest BCUT2D eigenvalue weighted by atomic mass is 16.5. The lowest BCUT2D eigenvalue weighted by atomic mass is 10.2. The van der Waals surface area contributed by atoms with Gasteiger partial charge in [-0.25, -0.2) is 0 Å². The number of ether oxygens (including phenoxy) is 1. The van der Waals surface area contributed by atoms with Crippen molar-refractivity contribution in [3.8, 4) is 17.6 Å². The maximum Gasteiger partial charge on any atom is 0.127 e. The summed E-state index contributed by atoms with van der Waals surface area (Å²) in [5, 5.41) is 12.1. The van der Waals surface area contributed by atoms with Crippen LogP contribution in [0.3, 0.4) is 0 Å². The number of hydrogen-bond donors (Lipinski definition) is 2. The molecule has 0 bridgehead atoms. The fourth-order valence-corrected chi connectivity index (χ4v) is 2.13. The van der Waals surface area contributed by atoms with Crippen LogP contribution in [0.1, 0.15) is 5.56 Å². The van der Waals surface area contributed by atoms with Gasteiger partial charge in [-0.2, -0.15) is 5.26 Å². The van der Waals surface area contributed by atoms with Crippen molar-refractivity contribution in [2.75, 3.05) is 11.1 Å². The zero-order valence-corrected chi connectivity index (χ0v) is 12.4. The Bertz CT molecular complexity index is 837. The number of nitrogen functional groups attached to an aromatic ring is 1. The predicted octanol–water partition coefficient (Wildman–Crippen LogP) is 4.68. The molecule has 23 heavy (non-hydrogen) atoms. The van der Waals surface area contributed by atoms with Gasteiger partial charge in [-0.15, -0.1) is 0 Å². The van der Waals surface area contributed by atoms with E-state index in [4.69, 9.17) is 15.7 Å². The number of benzene rings is 3. The van der Waals surface area contributed by atoms with Gasteiger partial charge >= 0.3 is 0 Å². The number of rotatable bonds is 4. The average Bonchev–Trinajstić information content (AvgIpc) is 2.59. The summed E-state index contributed by atoms with van der Waals surface area (Å²) in [7, 11) is 0. The molecule has 0 saturated heterocycles. The van der Waals surface area contributed by atoms with Crippen LogP contribution in [-0.4, -0.2) is 0 Å². The van der Waals surface area contributed by atoms with E-state index >= 15 is 0 Å². The quantitative estimate of drug-likeness (QED) is 0.686. The predicted molar refractivity (Wildman–Crippen MR) is 91.8 cm³/mol. The van der Waals surface area contributed by atoms with Crippen molar-refractivity contribution in [1.82, 2.24) is 0 Å². The van der Waals surface area contributed by atoms with Crippen LogP contribution in [0.25, 0.3) is 0 Å². The fourth-order valence-electron chi connectivity index (χ4n) is 2.13. The molecular weight excluding hydrogens is 286 g/mol. The molecule has 0 aliphatic heterocycles. The molecule has 0 aromatic heterocycles. The summed E-state index contributed by atoms with van der Waals surface area (Å²) in [4.78, 5) is 0. The number of nitriles is 1. The van der Waals surface area contributed by atoms with E-state index in [1.54, 1.807) is 18.2 Å². The number of nitrogens with one attached hydrogen (secondary N) is 1. The van der Waals surface area contributed by atoms with Gasteiger partial charge in [0.15, 0.2) is 0 Å². The molecule has 0 amide bonds. The van der Waals surface area contributed by atoms with E-state index in [0.29, 0.717) is 11.3 Å². The molecular formula is C19H15N3O. The SMILES string of the molecule is N#Cc1ccc(Nc2ccc(Oc3ccccc3)cc2)c(N)c1. The van der Waals surface area contributed by atoms with E-state index in [-0.39, 0.29) is 0 Å². The Balaban J connectivity index is 1.72. The van der Waals surface area contributed by atoms with Crippen LogP contribution in [0.5, 0.6) is 11.5 Å². The summed E-state index contributed by atoms with van der Waals surface area (Å²) in [6.45, 7) is 0. The Morgan fingerprint density at radius 2 is 1.57 bits per heavy atom. The van der Waals surface area contributed by atoms with Crippen LogP contribution in [0, 0.1) is 11.3 Å². The Morgan fingerprint density at radius 1 is 0.870 bits per heavy atom. The van der Waals surface area contributed by atoms with Crippen LogP contribution in [0.15, 0.2) is 72.8 Å². The Labute approximate surface area is 134 Å². The summed E-state index contributed by atoms with van der Waals surface area (Å²) in [6.07, 6.45) is 0. The molecule has 0 radical (unpaired) electrons. The van der Waals surface area contributed by atoms with Crippen LogP contribution >= 0.6 is 0 Å². The highest BCUT2D eigenvalue weighted by Crippen LogP contribution is 2.27. The highest BCUT2D eigenvalue weighted by Gasteiger charge is 2.02. The first-order valence-corrected chi connectivity index (χ1v) is 7.14. The van der Waals surface area contributed by atoms with Crippen LogP contribution < -0.4 is 15.8 Å². The second-order valence-electron chi connectivity index (χ2n) is 4.98. The van der Waals surface area contributed by atoms with Gasteiger partial charge in [-0.1, -0.05) is 18.2 Å². The van der Waals surface area contributed by atoms with Gasteiger partial charge in [0.2, 0.25) is 0 Å². The molecule has 4 nitrogen and oxygen atoms in total. The molecule has 0 saturated carbocycles. The normalized spacial score (nSPS) is 9.87. The van der Waals surface area contributed by atoms with E-state index in [1.807, 2.05) is 54.6 Å². The first-order chi connectivity index (χ1) is 11.2. The lowest BCUT2D eigenvalue weighted by Gasteiger charge is -2.11. The second-order valence-corrected chi connectivity index (χ2v) is 4.98. The standard InChI is InChI=1S/C19H15N3O/c20-13-14-6-11-19(18(21)12-14)22-15-7-9-17(10-8-15)23-16-4-2-1-3-5-16/h1-12,22H,21H2. The minimum atomic E-state index is 0.536. The third-order valence-corrected chi connectivity index (χ3v) is 3.29. The molecule has 3 N–H and O–H groups in total. The molecule has 0 aliphatic carbocycles. The monoisotopic (exact) mass is 301 g/mol. The number of hydrogen-bond acceptors (Lipinski definition) is 4. The van der Waals surface area contributed by atoms with Gasteiger partial charge in [-0.05, 0) is 54.6 Å². The second kappa shape index (κ2) is 6.54. The van der Waals surface area contributed by atoms with Crippen molar-refractivity contribution in [1.29, 1.82) is 5.26 Å². The Kier molecular flexibility index (Phi) is 4.12. The van der Waals surface area contributed by atoms with Gasteiger partial charge < -0.3 is 15.8 Å². The molecule has 3 aromatic carbocycles. The van der Waals surface area contributed by atoms with E-state index < -0.39 is 0 Å². The topological polar surface area (TPSA) is 71.1 Å². The van der Waals surface area contributed by atoms with Crippen molar-refractivity contribution in [2.45, 2.75) is 0 Å². The zero-order chi connectivity index (χ0) is 16.1. The molecule has 3 aromatic rings. The van der Waals surface area contributed by atoms with Gasteiger partial charge in [0.05, 0.1) is 23.0 Å². The van der Waals surface area contributed by atoms with E-state index in [2.05, 4.69) is 11.4 Å². The molecule has 0 atom stereocenters. The largest absolute Gasteiger partial charge is 0.457 e. The molecule has 0 fully saturated rings. The maximum atomic E-state index is 8.85. The third-order valence-electron chi connectivity index (χ3n) is 3.29. The maximum absolute atomic E-state index is 8.85. The molecule has 0 unspecified atom stereocenters. The molecule has 112 valence electrons. The van der Waals surface area contributed by atoms with Gasteiger partial charge in [0, 0.05) is 5.69 Å². The van der Waals surface area contributed by atoms with Crippen molar-refractivity contribution in [2.24, 2.45) is 0 Å². The molecule has 3 rings (SSSR count). The zero-order valence-electron chi connectivity index (χ0n) is 12.4. The van der Waals surface area contributed by atoms with Crippen molar-refractivity contribution in [3.05, 3.63) is 78.4 Å². The lowest BCUT2D eigenvalue weighted by molar-refractivity contribution is 0.483. The molecule has 0 aliphatic rings. The number of para-hydroxylation sites is 1. The van der Waals surface area contributed by atoms with Gasteiger partial charge in [0.25, 0.3) is 0 Å². The number of nitrogens with zero attached hydrogens (tertiary/aromatic N) is 1. The summed E-state index contributed by atoms with van der Waals surface area (Å²) in [5.74, 6) is 1.55. The van der Waals surface area contributed by atoms with E-state index in [1.165, 1.54) is 0 Å². The first-order valence-electron chi connectivity index (χ1n) is 7.14. The van der Waals surface area contributed by atoms with E-state index in [9.17, 15) is 0 Å². The smallest absolute Gasteiger partial charge is 0.127 e. The Morgan fingerprint density at radius 3 is 2.22 bits per heavy atom. The van der Waals surface area contributed by atoms with Crippen LogP contribution in [0.2, 0.25) is 0 Å². The summed E-state index contributed by atoms with van der Waals surface area (Å²) in [6, 6.07) is 24.4. The van der Waals surface area contributed by atoms with E-state index in [0.717, 1.165) is 22.9 Å². The van der Waals surface area contributed by atoms with Gasteiger partial charge in [-0.3, -0.25) is 0 Å². The Hall–Kier alpha value is -3.45. The summed E-state index contributed by atoms with van der Waals surface area (Å²) >= 11 is 0. The highest BCUT2D eigenvalue weighted by molar-refractivity contribution is 5.74. The van der Waals surface area contributed by atoms with Crippen molar-refractivity contribution in [3.63, 3.8) is 0 Å².